The van der Waals surface area contributed by atoms with Gasteiger partial charge in [0, 0.05) is 12.5 Å². The summed E-state index contributed by atoms with van der Waals surface area (Å²) in [5.41, 5.74) is 0.316. The van der Waals surface area contributed by atoms with Gasteiger partial charge in [0.25, 0.3) is 5.56 Å². The molecule has 3 aromatic rings. The molecule has 0 saturated carbocycles. The van der Waals surface area contributed by atoms with Gasteiger partial charge >= 0.3 is 0 Å². The van der Waals surface area contributed by atoms with Gasteiger partial charge in [-0.25, -0.2) is 4.98 Å². The summed E-state index contributed by atoms with van der Waals surface area (Å²) in [7, 11) is 1.66. The Kier molecular flexibility index (Phi) is 3.63. The van der Waals surface area contributed by atoms with Gasteiger partial charge < -0.3 is 13.8 Å². The fourth-order valence-electron chi connectivity index (χ4n) is 2.05. The van der Waals surface area contributed by atoms with Crippen LogP contribution in [0.4, 0.5) is 0 Å². The average Bonchev–Trinajstić information content (AvgIpc) is 2.98. The highest BCUT2D eigenvalue weighted by molar-refractivity contribution is 5.78. The predicted octanol–water partition coefficient (Wildman–Crippen LogP) is 2.19. The lowest BCUT2D eigenvalue weighted by Crippen LogP contribution is -2.16. The molecular formula is C16H18N4O3. The molecule has 2 heterocycles. The van der Waals surface area contributed by atoms with Crippen molar-refractivity contribution in [2.75, 3.05) is 0 Å². The maximum absolute atomic E-state index is 12.1. The zero-order chi connectivity index (χ0) is 16.6. The first kappa shape index (κ1) is 15.2. The topological polar surface area (TPSA) is 83.0 Å². The number of hydrogen-bond donors (Lipinski definition) is 0. The lowest BCUT2D eigenvalue weighted by Gasteiger charge is -2.10. The molecule has 7 nitrogen and oxygen atoms in total. The number of benzene rings is 1. The first-order valence-corrected chi connectivity index (χ1v) is 7.26. The van der Waals surface area contributed by atoms with Crippen molar-refractivity contribution in [2.45, 2.75) is 32.8 Å². The van der Waals surface area contributed by atoms with E-state index in [1.807, 2.05) is 20.8 Å². The summed E-state index contributed by atoms with van der Waals surface area (Å²) in [5, 5.41) is 4.41. The van der Waals surface area contributed by atoms with Crippen molar-refractivity contribution >= 4 is 10.9 Å². The zero-order valence-corrected chi connectivity index (χ0v) is 13.5. The van der Waals surface area contributed by atoms with Crippen molar-refractivity contribution in [3.05, 3.63) is 46.6 Å². The molecule has 3 rings (SSSR count). The molecule has 0 fully saturated rings. The maximum Gasteiger partial charge on any atom is 0.261 e. The van der Waals surface area contributed by atoms with Crippen LogP contribution in [0.3, 0.4) is 0 Å². The summed E-state index contributed by atoms with van der Waals surface area (Å²) in [6, 6.07) is 5.19. The van der Waals surface area contributed by atoms with Gasteiger partial charge in [0.15, 0.2) is 6.61 Å². The van der Waals surface area contributed by atoms with Crippen LogP contribution in [0.25, 0.3) is 10.9 Å². The summed E-state index contributed by atoms with van der Waals surface area (Å²) in [5.74, 6) is 1.59. The zero-order valence-electron chi connectivity index (χ0n) is 13.5. The molecule has 120 valence electrons. The van der Waals surface area contributed by atoms with E-state index in [2.05, 4.69) is 15.1 Å². The number of aromatic nitrogens is 4. The fourth-order valence-corrected chi connectivity index (χ4v) is 2.05. The Bertz CT molecular complexity index is 906. The van der Waals surface area contributed by atoms with Crippen molar-refractivity contribution in [1.82, 2.24) is 19.7 Å². The summed E-state index contributed by atoms with van der Waals surface area (Å²) >= 11 is 0. The molecule has 7 heteroatoms. The van der Waals surface area contributed by atoms with Crippen LogP contribution >= 0.6 is 0 Å². The maximum atomic E-state index is 12.1. The molecule has 0 unspecified atom stereocenters. The van der Waals surface area contributed by atoms with Crippen molar-refractivity contribution in [3.8, 4) is 5.75 Å². The number of nitrogens with zero attached hydrogens (tertiary/aromatic N) is 4. The third-order valence-corrected chi connectivity index (χ3v) is 3.37. The molecule has 0 aliphatic carbocycles. The monoisotopic (exact) mass is 314 g/mol. The number of ether oxygens (including phenoxy) is 1. The third kappa shape index (κ3) is 3.08. The molecule has 0 spiro atoms. The molecule has 0 amide bonds. The summed E-state index contributed by atoms with van der Waals surface area (Å²) in [6.45, 7) is 6.16. The van der Waals surface area contributed by atoms with E-state index in [1.54, 1.807) is 25.2 Å². The molecule has 0 aliphatic heterocycles. The summed E-state index contributed by atoms with van der Waals surface area (Å²) in [6.07, 6.45) is 1.50. The van der Waals surface area contributed by atoms with Crippen molar-refractivity contribution in [2.24, 2.45) is 7.05 Å². The van der Waals surface area contributed by atoms with Crippen LogP contribution in [-0.2, 0) is 19.1 Å². The van der Waals surface area contributed by atoms with E-state index < -0.39 is 0 Å². The Morgan fingerprint density at radius 2 is 2.09 bits per heavy atom. The largest absolute Gasteiger partial charge is 0.485 e. The first-order valence-electron chi connectivity index (χ1n) is 7.26. The Labute approximate surface area is 132 Å². The summed E-state index contributed by atoms with van der Waals surface area (Å²) in [4.78, 5) is 20.6. The third-order valence-electron chi connectivity index (χ3n) is 3.37. The Balaban J connectivity index is 1.81. The quantitative estimate of drug-likeness (QED) is 0.737. The second kappa shape index (κ2) is 5.49. The SMILES string of the molecule is Cn1cnc2ccc(OCc3noc(C(C)(C)C)n3)cc2c1=O. The normalized spacial score (nSPS) is 11.8. The number of hydrogen-bond acceptors (Lipinski definition) is 6. The van der Waals surface area contributed by atoms with E-state index in [0.717, 1.165) is 0 Å². The van der Waals surface area contributed by atoms with E-state index in [-0.39, 0.29) is 17.6 Å². The van der Waals surface area contributed by atoms with Gasteiger partial charge in [-0.1, -0.05) is 25.9 Å². The van der Waals surface area contributed by atoms with Crippen molar-refractivity contribution in [1.29, 1.82) is 0 Å². The first-order chi connectivity index (χ1) is 10.8. The summed E-state index contributed by atoms with van der Waals surface area (Å²) < 4.78 is 12.3. The number of rotatable bonds is 3. The van der Waals surface area contributed by atoms with Gasteiger partial charge in [0.05, 0.1) is 17.2 Å². The van der Waals surface area contributed by atoms with Crippen LogP contribution in [0.1, 0.15) is 32.5 Å². The van der Waals surface area contributed by atoms with Gasteiger partial charge in [0.2, 0.25) is 11.7 Å². The number of fused-ring (bicyclic) bond motifs is 1. The molecule has 0 aliphatic rings. The van der Waals surface area contributed by atoms with Gasteiger partial charge in [0.1, 0.15) is 5.75 Å². The molecule has 0 atom stereocenters. The molecule has 0 bridgehead atoms. The Hall–Kier alpha value is -2.70. The van der Waals surface area contributed by atoms with Gasteiger partial charge in [-0.05, 0) is 18.2 Å². The molecule has 0 saturated heterocycles. The smallest absolute Gasteiger partial charge is 0.261 e. The van der Waals surface area contributed by atoms with Crippen LogP contribution in [0, 0.1) is 0 Å². The Morgan fingerprint density at radius 3 is 2.78 bits per heavy atom. The minimum atomic E-state index is -0.202. The highest BCUT2D eigenvalue weighted by Crippen LogP contribution is 2.21. The minimum absolute atomic E-state index is 0.116. The van der Waals surface area contributed by atoms with E-state index in [4.69, 9.17) is 9.26 Å². The average molecular weight is 314 g/mol. The van der Waals surface area contributed by atoms with E-state index >= 15 is 0 Å². The minimum Gasteiger partial charge on any atom is -0.485 e. The Morgan fingerprint density at radius 1 is 1.30 bits per heavy atom. The van der Waals surface area contributed by atoms with Crippen LogP contribution in [-0.4, -0.2) is 19.7 Å². The van der Waals surface area contributed by atoms with Gasteiger partial charge in [-0.15, -0.1) is 0 Å². The highest BCUT2D eigenvalue weighted by Gasteiger charge is 2.21. The second-order valence-corrected chi connectivity index (χ2v) is 6.39. The van der Waals surface area contributed by atoms with Gasteiger partial charge in [-0.3, -0.25) is 4.79 Å². The van der Waals surface area contributed by atoms with Crippen LogP contribution < -0.4 is 10.3 Å². The van der Waals surface area contributed by atoms with Gasteiger partial charge in [-0.2, -0.15) is 4.98 Å². The van der Waals surface area contributed by atoms with Crippen molar-refractivity contribution in [3.63, 3.8) is 0 Å². The number of aryl methyl sites for hydroxylation is 1. The predicted molar refractivity (Wildman–Crippen MR) is 84.3 cm³/mol. The lowest BCUT2D eigenvalue weighted by molar-refractivity contribution is 0.280. The van der Waals surface area contributed by atoms with Crippen LogP contribution in [0.2, 0.25) is 0 Å². The molecular weight excluding hydrogens is 296 g/mol. The lowest BCUT2D eigenvalue weighted by atomic mass is 9.97. The highest BCUT2D eigenvalue weighted by atomic mass is 16.5. The van der Waals surface area contributed by atoms with Crippen LogP contribution in [0.5, 0.6) is 5.75 Å². The van der Waals surface area contributed by atoms with E-state index in [9.17, 15) is 4.79 Å². The molecule has 2 aromatic heterocycles. The molecule has 0 N–H and O–H groups in total. The molecule has 0 radical (unpaired) electrons. The fraction of sp³-hybridized carbons (Fsp3) is 0.375. The van der Waals surface area contributed by atoms with Crippen LogP contribution in [0.15, 0.2) is 33.8 Å². The van der Waals surface area contributed by atoms with E-state index in [0.29, 0.717) is 28.4 Å². The standard InChI is InChI=1S/C16H18N4O3/c1-16(2,3)15-18-13(19-23-15)8-22-10-5-6-12-11(7-10)14(21)20(4)9-17-12/h5-7,9H,8H2,1-4H3. The van der Waals surface area contributed by atoms with E-state index in [1.165, 1.54) is 10.9 Å². The molecule has 1 aromatic carbocycles. The second-order valence-electron chi connectivity index (χ2n) is 6.39. The van der Waals surface area contributed by atoms with Crippen molar-refractivity contribution < 1.29 is 9.26 Å². The molecule has 23 heavy (non-hydrogen) atoms.